The van der Waals surface area contributed by atoms with Crippen molar-refractivity contribution in [3.63, 3.8) is 0 Å². The molecule has 2 aliphatic rings. The third kappa shape index (κ3) is 3.70. The van der Waals surface area contributed by atoms with E-state index in [-0.39, 0.29) is 11.9 Å². The third-order valence-electron chi connectivity index (χ3n) is 5.04. The fraction of sp³-hybridized carbons (Fsp3) is 0.429. The molecule has 142 valence electrons. The molecule has 2 aliphatic heterocycles. The Hall–Kier alpha value is -2.76. The van der Waals surface area contributed by atoms with Crippen LogP contribution in [0.25, 0.3) is 0 Å². The van der Waals surface area contributed by atoms with Gasteiger partial charge in [0.1, 0.15) is 19.0 Å². The van der Waals surface area contributed by atoms with Gasteiger partial charge in [-0.3, -0.25) is 4.79 Å². The lowest BCUT2D eigenvalue weighted by Crippen LogP contribution is -2.26. The lowest BCUT2D eigenvalue weighted by Gasteiger charge is -2.27. The van der Waals surface area contributed by atoms with Gasteiger partial charge in [0.15, 0.2) is 11.5 Å². The maximum absolute atomic E-state index is 12.1. The molecule has 1 amide bonds. The van der Waals surface area contributed by atoms with Crippen molar-refractivity contribution in [3.05, 3.63) is 47.7 Å². The number of carbonyl (C=O) groups is 1. The predicted molar refractivity (Wildman–Crippen MR) is 104 cm³/mol. The van der Waals surface area contributed by atoms with Crippen LogP contribution in [-0.2, 0) is 0 Å². The zero-order valence-electron chi connectivity index (χ0n) is 15.6. The van der Waals surface area contributed by atoms with Gasteiger partial charge in [-0.1, -0.05) is 13.0 Å². The molecule has 3 heterocycles. The second kappa shape index (κ2) is 7.86. The van der Waals surface area contributed by atoms with Gasteiger partial charge in [-0.05, 0) is 49.1 Å². The van der Waals surface area contributed by atoms with Gasteiger partial charge in [-0.2, -0.15) is 0 Å². The number of nitrogens with zero attached hydrogens (tertiary/aromatic N) is 2. The second-order valence-electron chi connectivity index (χ2n) is 6.92. The molecule has 1 fully saturated rings. The van der Waals surface area contributed by atoms with Crippen LogP contribution in [0, 0.1) is 0 Å². The van der Waals surface area contributed by atoms with Crippen LogP contribution in [0.2, 0.25) is 0 Å². The zero-order chi connectivity index (χ0) is 18.6. The summed E-state index contributed by atoms with van der Waals surface area (Å²) in [4.78, 5) is 18.9. The molecule has 1 atom stereocenters. The predicted octanol–water partition coefficient (Wildman–Crippen LogP) is 3.33. The van der Waals surface area contributed by atoms with Crippen LogP contribution in [0.4, 0.5) is 5.82 Å². The van der Waals surface area contributed by atoms with Crippen LogP contribution in [0.1, 0.15) is 48.1 Å². The lowest BCUT2D eigenvalue weighted by atomic mass is 10.0. The van der Waals surface area contributed by atoms with Crippen molar-refractivity contribution in [3.8, 4) is 11.5 Å². The summed E-state index contributed by atoms with van der Waals surface area (Å²) in [5, 5.41) is 2.88. The molecule has 0 radical (unpaired) electrons. The van der Waals surface area contributed by atoms with Crippen LogP contribution < -0.4 is 19.7 Å². The highest BCUT2D eigenvalue weighted by Crippen LogP contribution is 2.39. The van der Waals surface area contributed by atoms with Gasteiger partial charge in [0, 0.05) is 19.3 Å². The average Bonchev–Trinajstić information content (AvgIpc) is 3.21. The standard InChI is InChI=1S/C21H25N3O3/c1-2-9-22-21(25)16-6-8-20(23-14-16)24-10-3-4-17(24)15-5-7-18-19(13-15)27-12-11-26-18/h5-8,13-14,17H,2-4,9-12H2,1H3,(H,22,25)/t17-/m1/s1. The molecule has 6 heteroatoms. The summed E-state index contributed by atoms with van der Waals surface area (Å²) < 4.78 is 11.4. The van der Waals surface area contributed by atoms with E-state index in [4.69, 9.17) is 9.47 Å². The van der Waals surface area contributed by atoms with Gasteiger partial charge in [0.05, 0.1) is 11.6 Å². The number of aromatic nitrogens is 1. The minimum Gasteiger partial charge on any atom is -0.486 e. The first-order valence-electron chi connectivity index (χ1n) is 9.66. The summed E-state index contributed by atoms with van der Waals surface area (Å²) in [5.74, 6) is 2.47. The van der Waals surface area contributed by atoms with Gasteiger partial charge in [-0.15, -0.1) is 0 Å². The van der Waals surface area contributed by atoms with E-state index in [2.05, 4.69) is 27.3 Å². The number of ether oxygens (including phenoxy) is 2. The number of pyridine rings is 1. The Bertz CT molecular complexity index is 807. The zero-order valence-corrected chi connectivity index (χ0v) is 15.6. The summed E-state index contributed by atoms with van der Waals surface area (Å²) in [6.45, 7) is 4.86. The minimum absolute atomic E-state index is 0.0688. The van der Waals surface area contributed by atoms with Crippen molar-refractivity contribution in [2.45, 2.75) is 32.2 Å². The van der Waals surface area contributed by atoms with Crippen molar-refractivity contribution in [2.75, 3.05) is 31.2 Å². The van der Waals surface area contributed by atoms with E-state index in [1.165, 1.54) is 5.56 Å². The van der Waals surface area contributed by atoms with E-state index in [0.717, 1.165) is 43.1 Å². The Balaban J connectivity index is 1.52. The molecule has 0 saturated carbocycles. The molecule has 4 rings (SSSR count). The Morgan fingerprint density at radius 1 is 1.22 bits per heavy atom. The number of fused-ring (bicyclic) bond motifs is 1. The van der Waals surface area contributed by atoms with E-state index in [9.17, 15) is 4.79 Å². The van der Waals surface area contributed by atoms with Gasteiger partial charge >= 0.3 is 0 Å². The van der Waals surface area contributed by atoms with E-state index in [1.807, 2.05) is 25.1 Å². The first kappa shape index (κ1) is 17.6. The van der Waals surface area contributed by atoms with E-state index >= 15 is 0 Å². The molecule has 27 heavy (non-hydrogen) atoms. The van der Waals surface area contributed by atoms with Crippen molar-refractivity contribution < 1.29 is 14.3 Å². The monoisotopic (exact) mass is 367 g/mol. The largest absolute Gasteiger partial charge is 0.486 e. The van der Waals surface area contributed by atoms with Crippen LogP contribution in [-0.4, -0.2) is 37.2 Å². The molecular weight excluding hydrogens is 342 g/mol. The van der Waals surface area contributed by atoms with Gasteiger partial charge in [0.25, 0.3) is 5.91 Å². The highest BCUT2D eigenvalue weighted by atomic mass is 16.6. The van der Waals surface area contributed by atoms with Crippen LogP contribution in [0.3, 0.4) is 0 Å². The average molecular weight is 367 g/mol. The molecule has 0 spiro atoms. The van der Waals surface area contributed by atoms with Crippen molar-refractivity contribution >= 4 is 11.7 Å². The van der Waals surface area contributed by atoms with E-state index < -0.39 is 0 Å². The Kier molecular flexibility index (Phi) is 5.14. The fourth-order valence-corrected chi connectivity index (χ4v) is 3.69. The minimum atomic E-state index is -0.0688. The Morgan fingerprint density at radius 3 is 2.85 bits per heavy atom. The number of hydrogen-bond donors (Lipinski definition) is 1. The quantitative estimate of drug-likeness (QED) is 0.878. The van der Waals surface area contributed by atoms with E-state index in [1.54, 1.807) is 6.20 Å². The number of nitrogens with one attached hydrogen (secondary N) is 1. The number of rotatable bonds is 5. The molecule has 1 saturated heterocycles. The molecule has 6 nitrogen and oxygen atoms in total. The van der Waals surface area contributed by atoms with Crippen molar-refractivity contribution in [2.24, 2.45) is 0 Å². The van der Waals surface area contributed by atoms with Crippen molar-refractivity contribution in [1.82, 2.24) is 10.3 Å². The Morgan fingerprint density at radius 2 is 2.07 bits per heavy atom. The van der Waals surface area contributed by atoms with Crippen LogP contribution >= 0.6 is 0 Å². The summed E-state index contributed by atoms with van der Waals surface area (Å²) in [6, 6.07) is 10.2. The number of anilines is 1. The first-order valence-corrected chi connectivity index (χ1v) is 9.66. The SMILES string of the molecule is CCCNC(=O)c1ccc(N2CCC[C@@H]2c2ccc3c(c2)OCCO3)nc1. The highest BCUT2D eigenvalue weighted by Gasteiger charge is 2.28. The number of carbonyl (C=O) groups excluding carboxylic acids is 1. The first-order chi connectivity index (χ1) is 13.3. The molecule has 0 bridgehead atoms. The molecule has 0 aliphatic carbocycles. The van der Waals surface area contributed by atoms with Crippen LogP contribution in [0.5, 0.6) is 11.5 Å². The smallest absolute Gasteiger partial charge is 0.252 e. The van der Waals surface area contributed by atoms with Gasteiger partial charge in [0.2, 0.25) is 0 Å². The highest BCUT2D eigenvalue weighted by molar-refractivity contribution is 5.94. The fourth-order valence-electron chi connectivity index (χ4n) is 3.69. The number of amides is 1. The molecule has 1 aromatic heterocycles. The molecular formula is C21H25N3O3. The normalized spacial score (nSPS) is 18.4. The summed E-state index contributed by atoms with van der Waals surface area (Å²) >= 11 is 0. The third-order valence-corrected chi connectivity index (χ3v) is 5.04. The molecule has 1 N–H and O–H groups in total. The summed E-state index contributed by atoms with van der Waals surface area (Å²) in [6.07, 6.45) is 4.77. The maximum Gasteiger partial charge on any atom is 0.252 e. The number of benzene rings is 1. The molecule has 2 aromatic rings. The molecule has 1 aromatic carbocycles. The lowest BCUT2D eigenvalue weighted by molar-refractivity contribution is 0.0953. The number of hydrogen-bond acceptors (Lipinski definition) is 5. The molecule has 0 unspecified atom stereocenters. The topological polar surface area (TPSA) is 63.7 Å². The van der Waals surface area contributed by atoms with Gasteiger partial charge in [-0.25, -0.2) is 4.98 Å². The Labute approximate surface area is 159 Å². The second-order valence-corrected chi connectivity index (χ2v) is 6.92. The van der Waals surface area contributed by atoms with Gasteiger partial charge < -0.3 is 19.7 Å². The summed E-state index contributed by atoms with van der Waals surface area (Å²) in [5.41, 5.74) is 1.81. The summed E-state index contributed by atoms with van der Waals surface area (Å²) in [7, 11) is 0. The van der Waals surface area contributed by atoms with Crippen LogP contribution in [0.15, 0.2) is 36.5 Å². The maximum atomic E-state index is 12.1. The van der Waals surface area contributed by atoms with E-state index in [0.29, 0.717) is 25.3 Å². The van der Waals surface area contributed by atoms with Crippen molar-refractivity contribution in [1.29, 1.82) is 0 Å².